The Morgan fingerprint density at radius 2 is 1.86 bits per heavy atom. The first-order valence-corrected chi connectivity index (χ1v) is 7.84. The molecule has 0 unspecified atom stereocenters. The van der Waals surface area contributed by atoms with Gasteiger partial charge < -0.3 is 4.90 Å². The van der Waals surface area contributed by atoms with Crippen LogP contribution in [0.15, 0.2) is 18.2 Å². The van der Waals surface area contributed by atoms with Crippen molar-refractivity contribution in [3.05, 3.63) is 29.0 Å². The molecule has 4 heteroatoms. The Bertz CT molecular complexity index is 492. The predicted octanol–water partition coefficient (Wildman–Crippen LogP) is 5.44. The third-order valence-electron chi connectivity index (χ3n) is 3.44. The third kappa shape index (κ3) is 4.99. The van der Waals surface area contributed by atoms with Crippen molar-refractivity contribution in [3.8, 4) is 0 Å². The molecule has 2 nitrogen and oxygen atoms in total. The molecule has 0 N–H and O–H groups in total. The molecule has 118 valence electrons. The van der Waals surface area contributed by atoms with Crippen molar-refractivity contribution >= 4 is 23.2 Å². The number of rotatable bonds is 5. The molecule has 0 bridgehead atoms. The van der Waals surface area contributed by atoms with Crippen molar-refractivity contribution in [1.29, 1.82) is 0 Å². The standard InChI is InChI=1S/C17H25ClFNO/c1-6-12(7-2)20(16(21)11-17(3,4)5)13-8-9-15(19)14(18)10-13/h8-10,12H,6-7,11H2,1-5H3. The number of carbonyl (C=O) groups excluding carboxylic acids is 1. The Morgan fingerprint density at radius 3 is 2.29 bits per heavy atom. The van der Waals surface area contributed by atoms with Crippen molar-refractivity contribution in [2.45, 2.75) is 59.9 Å². The van der Waals surface area contributed by atoms with E-state index in [1.54, 1.807) is 11.0 Å². The number of carbonyl (C=O) groups is 1. The maximum absolute atomic E-state index is 13.4. The number of anilines is 1. The summed E-state index contributed by atoms with van der Waals surface area (Å²) < 4.78 is 13.4. The average molecular weight is 314 g/mol. The van der Waals surface area contributed by atoms with Crippen LogP contribution in [0, 0.1) is 11.2 Å². The summed E-state index contributed by atoms with van der Waals surface area (Å²) in [7, 11) is 0. The van der Waals surface area contributed by atoms with Crippen LogP contribution in [0.4, 0.5) is 10.1 Å². The summed E-state index contributed by atoms with van der Waals surface area (Å²) >= 11 is 5.87. The zero-order chi connectivity index (χ0) is 16.2. The second-order valence-corrected chi connectivity index (χ2v) is 6.98. The summed E-state index contributed by atoms with van der Waals surface area (Å²) in [5, 5.41) is 0.0482. The van der Waals surface area contributed by atoms with Gasteiger partial charge in [-0.05, 0) is 36.5 Å². The molecule has 0 saturated carbocycles. The lowest BCUT2D eigenvalue weighted by atomic mass is 9.91. The minimum atomic E-state index is -0.465. The second kappa shape index (κ2) is 7.26. The van der Waals surface area contributed by atoms with Gasteiger partial charge in [0.05, 0.1) is 5.02 Å². The molecule has 0 aromatic heterocycles. The lowest BCUT2D eigenvalue weighted by Crippen LogP contribution is -2.41. The lowest BCUT2D eigenvalue weighted by Gasteiger charge is -2.33. The monoisotopic (exact) mass is 313 g/mol. The molecular formula is C17H25ClFNO. The molecule has 1 aromatic carbocycles. The largest absolute Gasteiger partial charge is 0.309 e. The highest BCUT2D eigenvalue weighted by Gasteiger charge is 2.27. The smallest absolute Gasteiger partial charge is 0.227 e. The molecule has 21 heavy (non-hydrogen) atoms. The molecule has 0 aliphatic heterocycles. The van der Waals surface area contributed by atoms with Crippen LogP contribution in [0.3, 0.4) is 0 Å². The van der Waals surface area contributed by atoms with Crippen LogP contribution < -0.4 is 4.90 Å². The first kappa shape index (κ1) is 18.0. The molecule has 0 saturated heterocycles. The van der Waals surface area contributed by atoms with Crippen molar-refractivity contribution in [2.75, 3.05) is 4.90 Å². The third-order valence-corrected chi connectivity index (χ3v) is 3.73. The van der Waals surface area contributed by atoms with Gasteiger partial charge in [-0.1, -0.05) is 46.2 Å². The predicted molar refractivity (Wildman–Crippen MR) is 87.3 cm³/mol. The number of halogens is 2. The zero-order valence-electron chi connectivity index (χ0n) is 13.5. The number of hydrogen-bond acceptors (Lipinski definition) is 1. The van der Waals surface area contributed by atoms with E-state index in [2.05, 4.69) is 13.8 Å². The second-order valence-electron chi connectivity index (χ2n) is 6.57. The Morgan fingerprint density at radius 1 is 1.29 bits per heavy atom. The highest BCUT2D eigenvalue weighted by Crippen LogP contribution is 2.29. The average Bonchev–Trinajstić information content (AvgIpc) is 2.37. The Balaban J connectivity index is 3.18. The molecule has 0 radical (unpaired) electrons. The van der Waals surface area contributed by atoms with E-state index < -0.39 is 5.82 Å². The van der Waals surface area contributed by atoms with E-state index in [-0.39, 0.29) is 22.4 Å². The van der Waals surface area contributed by atoms with Gasteiger partial charge in [-0.15, -0.1) is 0 Å². The molecule has 0 spiro atoms. The SMILES string of the molecule is CCC(CC)N(C(=O)CC(C)(C)C)c1ccc(F)c(Cl)c1. The first-order valence-electron chi connectivity index (χ1n) is 7.46. The Hall–Kier alpha value is -1.09. The van der Waals surface area contributed by atoms with Crippen LogP contribution in [-0.2, 0) is 4.79 Å². The van der Waals surface area contributed by atoms with E-state index >= 15 is 0 Å². The lowest BCUT2D eigenvalue weighted by molar-refractivity contribution is -0.120. The summed E-state index contributed by atoms with van der Waals surface area (Å²) in [4.78, 5) is 14.5. The van der Waals surface area contributed by atoms with E-state index in [1.807, 2.05) is 20.8 Å². The summed E-state index contributed by atoms with van der Waals surface area (Å²) in [6.45, 7) is 10.2. The summed E-state index contributed by atoms with van der Waals surface area (Å²) in [5.74, 6) is -0.410. The van der Waals surface area contributed by atoms with E-state index in [4.69, 9.17) is 11.6 Å². The van der Waals surface area contributed by atoms with Gasteiger partial charge in [0, 0.05) is 18.2 Å². The highest BCUT2D eigenvalue weighted by atomic mass is 35.5. The summed E-state index contributed by atoms with van der Waals surface area (Å²) in [6, 6.07) is 4.58. The van der Waals surface area contributed by atoms with Crippen LogP contribution >= 0.6 is 11.6 Å². The maximum Gasteiger partial charge on any atom is 0.227 e. The van der Waals surface area contributed by atoms with Gasteiger partial charge in [0.2, 0.25) is 5.91 Å². The van der Waals surface area contributed by atoms with Crippen molar-refractivity contribution in [1.82, 2.24) is 0 Å². The van der Waals surface area contributed by atoms with E-state index in [9.17, 15) is 9.18 Å². The van der Waals surface area contributed by atoms with Gasteiger partial charge >= 0.3 is 0 Å². The number of benzene rings is 1. The highest BCUT2D eigenvalue weighted by molar-refractivity contribution is 6.31. The van der Waals surface area contributed by atoms with E-state index in [1.165, 1.54) is 12.1 Å². The molecule has 0 heterocycles. The molecule has 0 aliphatic carbocycles. The minimum absolute atomic E-state index is 0.0482. The van der Waals surface area contributed by atoms with Crippen LogP contribution in [0.2, 0.25) is 5.02 Å². The van der Waals surface area contributed by atoms with Crippen molar-refractivity contribution in [3.63, 3.8) is 0 Å². The topological polar surface area (TPSA) is 20.3 Å². The Kier molecular flexibility index (Phi) is 6.21. The van der Waals surface area contributed by atoms with Crippen LogP contribution in [0.1, 0.15) is 53.9 Å². The fraction of sp³-hybridized carbons (Fsp3) is 0.588. The number of amides is 1. The van der Waals surface area contributed by atoms with Crippen molar-refractivity contribution < 1.29 is 9.18 Å². The maximum atomic E-state index is 13.4. The molecule has 0 aliphatic rings. The number of hydrogen-bond donors (Lipinski definition) is 0. The quantitative estimate of drug-likeness (QED) is 0.709. The molecule has 0 fully saturated rings. The van der Waals surface area contributed by atoms with Crippen LogP contribution in [-0.4, -0.2) is 11.9 Å². The van der Waals surface area contributed by atoms with E-state index in [0.717, 1.165) is 12.8 Å². The molecule has 1 aromatic rings. The van der Waals surface area contributed by atoms with Crippen LogP contribution in [0.25, 0.3) is 0 Å². The summed E-state index contributed by atoms with van der Waals surface area (Å²) in [5.41, 5.74) is 0.579. The van der Waals surface area contributed by atoms with Gasteiger partial charge in [0.15, 0.2) is 0 Å². The number of nitrogens with zero attached hydrogens (tertiary/aromatic N) is 1. The summed E-state index contributed by atoms with van der Waals surface area (Å²) in [6.07, 6.45) is 2.14. The molecular weight excluding hydrogens is 289 g/mol. The van der Waals surface area contributed by atoms with Gasteiger partial charge in [0.25, 0.3) is 0 Å². The molecule has 1 rings (SSSR count). The van der Waals surface area contributed by atoms with Gasteiger partial charge in [-0.3, -0.25) is 4.79 Å². The fourth-order valence-electron chi connectivity index (χ4n) is 2.39. The zero-order valence-corrected chi connectivity index (χ0v) is 14.3. The normalized spacial score (nSPS) is 11.8. The Labute approximate surface area is 132 Å². The van der Waals surface area contributed by atoms with E-state index in [0.29, 0.717) is 12.1 Å². The molecule has 1 amide bonds. The van der Waals surface area contributed by atoms with Gasteiger partial charge in [-0.2, -0.15) is 0 Å². The fourth-order valence-corrected chi connectivity index (χ4v) is 2.56. The van der Waals surface area contributed by atoms with Gasteiger partial charge in [-0.25, -0.2) is 4.39 Å². The van der Waals surface area contributed by atoms with Crippen LogP contribution in [0.5, 0.6) is 0 Å². The minimum Gasteiger partial charge on any atom is -0.309 e. The first-order chi connectivity index (χ1) is 9.69. The van der Waals surface area contributed by atoms with Crippen molar-refractivity contribution in [2.24, 2.45) is 5.41 Å². The molecule has 0 atom stereocenters. The van der Waals surface area contributed by atoms with Gasteiger partial charge in [0.1, 0.15) is 5.82 Å².